The Morgan fingerprint density at radius 2 is 1.63 bits per heavy atom. The summed E-state index contributed by atoms with van der Waals surface area (Å²) in [6.45, 7) is 4.64. The van der Waals surface area contributed by atoms with Crippen LogP contribution in [0.25, 0.3) is 11.0 Å². The van der Waals surface area contributed by atoms with Crippen molar-refractivity contribution in [3.63, 3.8) is 0 Å². The Bertz CT molecular complexity index is 1730. The van der Waals surface area contributed by atoms with E-state index in [-0.39, 0.29) is 47.4 Å². The van der Waals surface area contributed by atoms with E-state index in [4.69, 9.17) is 18.9 Å². The van der Waals surface area contributed by atoms with E-state index in [2.05, 4.69) is 19.9 Å². The smallest absolute Gasteiger partial charge is 0.257 e. The molecule has 10 nitrogen and oxygen atoms in total. The number of carbonyl (C=O) groups is 2. The molecule has 2 aromatic heterocycles. The first-order valence-electron chi connectivity index (χ1n) is 15.2. The lowest BCUT2D eigenvalue weighted by Gasteiger charge is -2.26. The second-order valence-corrected chi connectivity index (χ2v) is 11.5. The highest BCUT2D eigenvalue weighted by Crippen LogP contribution is 2.49. The van der Waals surface area contributed by atoms with Gasteiger partial charge in [0.15, 0.2) is 34.4 Å². The molecule has 0 spiro atoms. The number of methoxy groups -OCH3 is 1. The van der Waals surface area contributed by atoms with Crippen LogP contribution < -0.4 is 14.2 Å². The fraction of sp³-hybridized carbons (Fsp3) is 0.382. The van der Waals surface area contributed by atoms with Gasteiger partial charge in [0.1, 0.15) is 17.7 Å². The standard InChI is InChI=1S/C34H34F2N4O6/c1-43-32-28(45-14-2-11-40-12-15-44-16-13-40)20-26-31(39-32)33(38-21-37-26)46-27-8-5-23(17-25(27)36)19-30(42)34(9-10-34)29(41)18-22-3-6-24(35)7-4-22/h3-8,17,20-21H,2,9-16,18-19H2,1H3. The van der Waals surface area contributed by atoms with Crippen molar-refractivity contribution in [3.8, 4) is 23.3 Å². The molecule has 0 N–H and O–H groups in total. The van der Waals surface area contributed by atoms with Gasteiger partial charge in [-0.2, -0.15) is 4.98 Å². The minimum Gasteiger partial charge on any atom is -0.488 e. The van der Waals surface area contributed by atoms with Crippen molar-refractivity contribution in [2.75, 3.05) is 46.6 Å². The lowest BCUT2D eigenvalue weighted by atomic mass is 9.88. The van der Waals surface area contributed by atoms with Crippen LogP contribution in [0, 0.1) is 17.0 Å². The number of benzene rings is 2. The van der Waals surface area contributed by atoms with Gasteiger partial charge in [0, 0.05) is 38.5 Å². The highest BCUT2D eigenvalue weighted by molar-refractivity contribution is 6.10. The first-order valence-corrected chi connectivity index (χ1v) is 15.2. The average Bonchev–Trinajstić information content (AvgIpc) is 3.88. The predicted molar refractivity (Wildman–Crippen MR) is 163 cm³/mol. The van der Waals surface area contributed by atoms with Crippen molar-refractivity contribution < 1.29 is 37.3 Å². The summed E-state index contributed by atoms with van der Waals surface area (Å²) in [6, 6.07) is 11.5. The lowest BCUT2D eigenvalue weighted by Crippen LogP contribution is -2.37. The topological polar surface area (TPSA) is 113 Å². The number of fused-ring (bicyclic) bond motifs is 1. The minimum absolute atomic E-state index is 0.0215. The van der Waals surface area contributed by atoms with Crippen LogP contribution in [-0.2, 0) is 27.2 Å². The first-order chi connectivity index (χ1) is 22.3. The SMILES string of the molecule is COc1nc2c(Oc3ccc(CC(=O)C4(C(=O)Cc5ccc(F)cc5)CC4)cc3F)ncnc2cc1OCCCN1CCOCC1. The summed E-state index contributed by atoms with van der Waals surface area (Å²) in [5.74, 6) is -1.01. The molecule has 0 bridgehead atoms. The summed E-state index contributed by atoms with van der Waals surface area (Å²) in [5.41, 5.74) is 0.672. The second kappa shape index (κ2) is 13.8. The Labute approximate surface area is 264 Å². The van der Waals surface area contributed by atoms with Gasteiger partial charge in [0.05, 0.1) is 32.3 Å². The van der Waals surface area contributed by atoms with Crippen LogP contribution in [0.3, 0.4) is 0 Å². The zero-order chi connectivity index (χ0) is 32.1. The molecule has 1 aliphatic carbocycles. The van der Waals surface area contributed by atoms with E-state index in [9.17, 15) is 14.0 Å². The predicted octanol–water partition coefficient (Wildman–Crippen LogP) is 4.91. The fourth-order valence-electron chi connectivity index (χ4n) is 5.54. The lowest BCUT2D eigenvalue weighted by molar-refractivity contribution is -0.133. The van der Waals surface area contributed by atoms with Crippen molar-refractivity contribution in [1.82, 2.24) is 19.9 Å². The molecular weight excluding hydrogens is 598 g/mol. The Balaban J connectivity index is 1.10. The molecule has 0 atom stereocenters. The summed E-state index contributed by atoms with van der Waals surface area (Å²) in [5, 5.41) is 0. The van der Waals surface area contributed by atoms with Crippen LogP contribution in [0.15, 0.2) is 54.9 Å². The number of ether oxygens (including phenoxy) is 4. The third kappa shape index (κ3) is 7.13. The maximum Gasteiger partial charge on any atom is 0.257 e. The van der Waals surface area contributed by atoms with E-state index in [1.807, 2.05) is 0 Å². The molecule has 0 unspecified atom stereocenters. The zero-order valence-corrected chi connectivity index (χ0v) is 25.5. The average molecular weight is 633 g/mol. The number of Topliss-reactive ketones (excluding diaryl/α,β-unsaturated/α-hetero) is 2. The summed E-state index contributed by atoms with van der Waals surface area (Å²) < 4.78 is 51.1. The highest BCUT2D eigenvalue weighted by atomic mass is 19.1. The van der Waals surface area contributed by atoms with Crippen molar-refractivity contribution in [2.24, 2.45) is 5.41 Å². The van der Waals surface area contributed by atoms with Crippen LogP contribution >= 0.6 is 0 Å². The zero-order valence-electron chi connectivity index (χ0n) is 25.5. The van der Waals surface area contributed by atoms with Crippen LogP contribution in [0.5, 0.6) is 23.3 Å². The van der Waals surface area contributed by atoms with E-state index >= 15 is 4.39 Å². The second-order valence-electron chi connectivity index (χ2n) is 11.5. The monoisotopic (exact) mass is 632 g/mol. The number of rotatable bonds is 14. The van der Waals surface area contributed by atoms with E-state index in [1.54, 1.807) is 12.1 Å². The van der Waals surface area contributed by atoms with Gasteiger partial charge in [-0.05, 0) is 54.7 Å². The number of hydrogen-bond donors (Lipinski definition) is 0. The van der Waals surface area contributed by atoms with Crippen molar-refractivity contribution in [2.45, 2.75) is 32.1 Å². The van der Waals surface area contributed by atoms with Crippen LogP contribution in [0.2, 0.25) is 0 Å². The highest BCUT2D eigenvalue weighted by Gasteiger charge is 2.54. The van der Waals surface area contributed by atoms with Gasteiger partial charge < -0.3 is 18.9 Å². The molecule has 12 heteroatoms. The van der Waals surface area contributed by atoms with Gasteiger partial charge in [-0.3, -0.25) is 14.5 Å². The van der Waals surface area contributed by atoms with Crippen LogP contribution in [0.1, 0.15) is 30.4 Å². The number of halogens is 2. The Morgan fingerprint density at radius 1 is 0.913 bits per heavy atom. The maximum atomic E-state index is 15.2. The molecule has 4 aromatic rings. The van der Waals surface area contributed by atoms with Gasteiger partial charge >= 0.3 is 0 Å². The quantitative estimate of drug-likeness (QED) is 0.140. The molecule has 3 heterocycles. The van der Waals surface area contributed by atoms with E-state index in [0.29, 0.717) is 41.8 Å². The number of hydrogen-bond acceptors (Lipinski definition) is 10. The molecule has 0 radical (unpaired) electrons. The number of morpholine rings is 1. The molecule has 0 amide bonds. The Hall–Kier alpha value is -4.55. The number of pyridine rings is 1. The maximum absolute atomic E-state index is 15.2. The summed E-state index contributed by atoms with van der Waals surface area (Å²) in [4.78, 5) is 41.4. The molecule has 1 aliphatic heterocycles. The molecule has 2 fully saturated rings. The van der Waals surface area contributed by atoms with Gasteiger partial charge in [-0.25, -0.2) is 18.7 Å². The third-order valence-electron chi connectivity index (χ3n) is 8.35. The summed E-state index contributed by atoms with van der Waals surface area (Å²) >= 11 is 0. The van der Waals surface area contributed by atoms with E-state index in [1.165, 1.54) is 49.8 Å². The Morgan fingerprint density at radius 3 is 2.33 bits per heavy atom. The largest absolute Gasteiger partial charge is 0.488 e. The third-order valence-corrected chi connectivity index (χ3v) is 8.35. The van der Waals surface area contributed by atoms with E-state index < -0.39 is 17.0 Å². The van der Waals surface area contributed by atoms with Gasteiger partial charge in [0.25, 0.3) is 5.88 Å². The van der Waals surface area contributed by atoms with Crippen molar-refractivity contribution in [1.29, 1.82) is 0 Å². The molecule has 46 heavy (non-hydrogen) atoms. The first kappa shape index (κ1) is 31.4. The van der Waals surface area contributed by atoms with Crippen molar-refractivity contribution >= 4 is 22.6 Å². The van der Waals surface area contributed by atoms with E-state index in [0.717, 1.165) is 39.3 Å². The van der Waals surface area contributed by atoms with Crippen molar-refractivity contribution in [3.05, 3.63) is 77.6 Å². The molecule has 1 saturated heterocycles. The number of aromatic nitrogens is 3. The minimum atomic E-state index is -1.07. The van der Waals surface area contributed by atoms with Gasteiger partial charge in [0.2, 0.25) is 5.88 Å². The fourth-order valence-corrected chi connectivity index (χ4v) is 5.54. The molecule has 6 rings (SSSR count). The molecule has 2 aromatic carbocycles. The van der Waals surface area contributed by atoms with Gasteiger partial charge in [-0.15, -0.1) is 0 Å². The number of carbonyl (C=O) groups excluding carboxylic acids is 2. The number of ketones is 2. The molecule has 2 aliphatic rings. The molecule has 1 saturated carbocycles. The summed E-state index contributed by atoms with van der Waals surface area (Å²) in [7, 11) is 1.47. The van der Waals surface area contributed by atoms with Crippen LogP contribution in [0.4, 0.5) is 8.78 Å². The van der Waals surface area contributed by atoms with Crippen LogP contribution in [-0.4, -0.2) is 78.0 Å². The Kier molecular flexibility index (Phi) is 9.46. The number of nitrogens with zero attached hydrogens (tertiary/aromatic N) is 4. The normalized spacial score (nSPS) is 15.8. The molecule has 240 valence electrons. The molecular formula is C34H34F2N4O6. The summed E-state index contributed by atoms with van der Waals surface area (Å²) in [6.07, 6.45) is 2.95. The van der Waals surface area contributed by atoms with Gasteiger partial charge in [-0.1, -0.05) is 18.2 Å².